The quantitative estimate of drug-likeness (QED) is 0.811. The summed E-state index contributed by atoms with van der Waals surface area (Å²) in [4.78, 5) is 13.9. The van der Waals surface area contributed by atoms with Crippen molar-refractivity contribution in [2.24, 2.45) is 5.92 Å². The molecule has 0 radical (unpaired) electrons. The summed E-state index contributed by atoms with van der Waals surface area (Å²) >= 11 is 0. The van der Waals surface area contributed by atoms with Gasteiger partial charge in [0.05, 0.1) is 13.2 Å². The van der Waals surface area contributed by atoms with E-state index in [9.17, 15) is 4.79 Å². The van der Waals surface area contributed by atoms with Crippen LogP contribution in [0.5, 0.6) is 0 Å². The number of hydrogen-bond donors (Lipinski definition) is 0. The Morgan fingerprint density at radius 2 is 2.15 bits per heavy atom. The molecule has 1 fully saturated rings. The summed E-state index contributed by atoms with van der Waals surface area (Å²) in [5.41, 5.74) is 0. The van der Waals surface area contributed by atoms with E-state index in [0.717, 1.165) is 31.3 Å². The Labute approximate surface area is 119 Å². The van der Waals surface area contributed by atoms with E-state index in [1.54, 1.807) is 0 Å². The minimum atomic E-state index is 0.0611. The van der Waals surface area contributed by atoms with Gasteiger partial charge in [0.1, 0.15) is 12.4 Å². The van der Waals surface area contributed by atoms with Crippen LogP contribution >= 0.6 is 0 Å². The van der Waals surface area contributed by atoms with E-state index in [1.165, 1.54) is 12.8 Å². The third-order valence-electron chi connectivity index (χ3n) is 3.93. The summed E-state index contributed by atoms with van der Waals surface area (Å²) in [7, 11) is 0. The highest BCUT2D eigenvalue weighted by Gasteiger charge is 2.26. The van der Waals surface area contributed by atoms with Gasteiger partial charge in [-0.25, -0.2) is 0 Å². The third kappa shape index (κ3) is 2.85. The van der Waals surface area contributed by atoms with Crippen molar-refractivity contribution >= 4 is 5.91 Å². The molecule has 2 heterocycles. The number of nitrogens with zero attached hydrogens (tertiary/aromatic N) is 4. The smallest absolute Gasteiger partial charge is 0.249 e. The molecule has 0 N–H and O–H groups in total. The number of rotatable bonds is 5. The van der Waals surface area contributed by atoms with Crippen molar-refractivity contribution in [2.75, 3.05) is 19.8 Å². The summed E-state index contributed by atoms with van der Waals surface area (Å²) in [6.45, 7) is 7.20. The molecule has 0 aromatic carbocycles. The molecule has 3 rings (SSSR count). The molecular formula is C14H22N4O2. The van der Waals surface area contributed by atoms with Gasteiger partial charge in [0.25, 0.3) is 0 Å². The number of carbonyl (C=O) groups is 1. The highest BCUT2D eigenvalue weighted by Crippen LogP contribution is 2.28. The predicted molar refractivity (Wildman–Crippen MR) is 73.1 cm³/mol. The van der Waals surface area contributed by atoms with Crippen LogP contribution in [0, 0.1) is 5.92 Å². The first-order valence-electron chi connectivity index (χ1n) is 7.42. The maximum Gasteiger partial charge on any atom is 0.249 e. The molecule has 0 unspecified atom stereocenters. The van der Waals surface area contributed by atoms with Crippen molar-refractivity contribution in [1.29, 1.82) is 0 Å². The third-order valence-corrected chi connectivity index (χ3v) is 3.93. The van der Waals surface area contributed by atoms with Crippen molar-refractivity contribution < 1.29 is 9.53 Å². The van der Waals surface area contributed by atoms with Crippen LogP contribution in [0.25, 0.3) is 0 Å². The van der Waals surface area contributed by atoms with E-state index < -0.39 is 0 Å². The average Bonchev–Trinajstić information content (AvgIpc) is 3.15. The molecule has 2 aliphatic rings. The Morgan fingerprint density at radius 1 is 1.35 bits per heavy atom. The van der Waals surface area contributed by atoms with Crippen molar-refractivity contribution in [3.63, 3.8) is 0 Å². The molecule has 1 aromatic rings. The fourth-order valence-corrected chi connectivity index (χ4v) is 2.51. The average molecular weight is 278 g/mol. The van der Waals surface area contributed by atoms with E-state index in [1.807, 2.05) is 4.90 Å². The molecule has 1 amide bonds. The zero-order chi connectivity index (χ0) is 14.1. The van der Waals surface area contributed by atoms with Crippen molar-refractivity contribution in [1.82, 2.24) is 19.7 Å². The SMILES string of the molecule is CC(C)c1nnc2n1CCN(C(=O)COCC1CC1)C2. The Hall–Kier alpha value is -1.43. The number of fused-ring (bicyclic) bond motifs is 1. The van der Waals surface area contributed by atoms with Gasteiger partial charge in [-0.2, -0.15) is 0 Å². The molecule has 1 aliphatic heterocycles. The van der Waals surface area contributed by atoms with Gasteiger partial charge in [-0.05, 0) is 18.8 Å². The maximum absolute atomic E-state index is 12.1. The van der Waals surface area contributed by atoms with Gasteiger partial charge in [-0.1, -0.05) is 13.8 Å². The standard InChI is InChI=1S/C14H22N4O2/c1-10(2)14-16-15-12-7-17(5-6-18(12)14)13(19)9-20-8-11-3-4-11/h10-11H,3-9H2,1-2H3. The monoisotopic (exact) mass is 278 g/mol. The number of amides is 1. The molecule has 6 nitrogen and oxygen atoms in total. The zero-order valence-corrected chi connectivity index (χ0v) is 12.2. The fourth-order valence-electron chi connectivity index (χ4n) is 2.51. The first-order valence-corrected chi connectivity index (χ1v) is 7.42. The Morgan fingerprint density at radius 3 is 2.85 bits per heavy atom. The number of carbonyl (C=O) groups excluding carboxylic acids is 1. The second-order valence-electron chi connectivity index (χ2n) is 6.05. The Kier molecular flexibility index (Phi) is 3.74. The van der Waals surface area contributed by atoms with Crippen LogP contribution in [-0.2, 0) is 22.6 Å². The minimum absolute atomic E-state index is 0.0611. The lowest BCUT2D eigenvalue weighted by atomic mass is 10.2. The molecule has 1 saturated carbocycles. The van der Waals surface area contributed by atoms with Crippen molar-refractivity contribution in [3.8, 4) is 0 Å². The topological polar surface area (TPSA) is 60.2 Å². The summed E-state index contributed by atoms with van der Waals surface area (Å²) in [5.74, 6) is 3.01. The van der Waals surface area contributed by atoms with Gasteiger partial charge in [0, 0.05) is 19.0 Å². The van der Waals surface area contributed by atoms with Crippen LogP contribution < -0.4 is 0 Å². The van der Waals surface area contributed by atoms with E-state index in [-0.39, 0.29) is 12.5 Å². The van der Waals surface area contributed by atoms with E-state index in [4.69, 9.17) is 4.74 Å². The summed E-state index contributed by atoms with van der Waals surface area (Å²) < 4.78 is 7.61. The lowest BCUT2D eigenvalue weighted by Gasteiger charge is -2.28. The molecule has 1 aliphatic carbocycles. The zero-order valence-electron chi connectivity index (χ0n) is 12.2. The van der Waals surface area contributed by atoms with Crippen LogP contribution in [0.3, 0.4) is 0 Å². The predicted octanol–water partition coefficient (Wildman–Crippen LogP) is 1.17. The van der Waals surface area contributed by atoms with Crippen molar-refractivity contribution in [2.45, 2.75) is 45.7 Å². The van der Waals surface area contributed by atoms with Gasteiger partial charge >= 0.3 is 0 Å². The van der Waals surface area contributed by atoms with Crippen LogP contribution in [0.15, 0.2) is 0 Å². The lowest BCUT2D eigenvalue weighted by Crippen LogP contribution is -2.40. The molecule has 0 bridgehead atoms. The highest BCUT2D eigenvalue weighted by molar-refractivity contribution is 5.77. The molecule has 0 saturated heterocycles. The van der Waals surface area contributed by atoms with Gasteiger partial charge < -0.3 is 14.2 Å². The molecule has 110 valence electrons. The number of aromatic nitrogens is 3. The van der Waals surface area contributed by atoms with Gasteiger partial charge in [0.2, 0.25) is 5.91 Å². The Balaban J connectivity index is 1.55. The van der Waals surface area contributed by atoms with Crippen molar-refractivity contribution in [3.05, 3.63) is 11.6 Å². The molecular weight excluding hydrogens is 256 g/mol. The molecule has 0 atom stereocenters. The summed E-state index contributed by atoms with van der Waals surface area (Å²) in [6.07, 6.45) is 2.50. The number of ether oxygens (including phenoxy) is 1. The van der Waals surface area contributed by atoms with E-state index >= 15 is 0 Å². The van der Waals surface area contributed by atoms with Gasteiger partial charge in [0.15, 0.2) is 5.82 Å². The van der Waals surface area contributed by atoms with Crippen LogP contribution in [-0.4, -0.2) is 45.3 Å². The second-order valence-corrected chi connectivity index (χ2v) is 6.05. The first kappa shape index (κ1) is 13.5. The molecule has 20 heavy (non-hydrogen) atoms. The fraction of sp³-hybridized carbons (Fsp3) is 0.786. The second kappa shape index (κ2) is 5.52. The summed E-state index contributed by atoms with van der Waals surface area (Å²) in [5, 5.41) is 8.44. The highest BCUT2D eigenvalue weighted by atomic mass is 16.5. The van der Waals surface area contributed by atoms with Crippen LogP contribution in [0.2, 0.25) is 0 Å². The van der Waals surface area contributed by atoms with Crippen LogP contribution in [0.4, 0.5) is 0 Å². The van der Waals surface area contributed by atoms with Gasteiger partial charge in [-0.15, -0.1) is 10.2 Å². The largest absolute Gasteiger partial charge is 0.371 e. The maximum atomic E-state index is 12.1. The molecule has 1 aromatic heterocycles. The minimum Gasteiger partial charge on any atom is -0.371 e. The normalized spacial score (nSPS) is 18.4. The Bertz CT molecular complexity index is 493. The van der Waals surface area contributed by atoms with E-state index in [2.05, 4.69) is 28.6 Å². The van der Waals surface area contributed by atoms with Gasteiger partial charge in [-0.3, -0.25) is 4.79 Å². The van der Waals surface area contributed by atoms with Crippen LogP contribution in [0.1, 0.15) is 44.3 Å². The molecule has 0 spiro atoms. The lowest BCUT2D eigenvalue weighted by molar-refractivity contribution is -0.137. The first-order chi connectivity index (χ1) is 9.65. The summed E-state index contributed by atoms with van der Waals surface area (Å²) in [6, 6.07) is 0. The van der Waals surface area contributed by atoms with E-state index in [0.29, 0.717) is 18.4 Å². The molecule has 6 heteroatoms. The number of hydrogen-bond acceptors (Lipinski definition) is 4.